The number of rotatable bonds is 12. The Morgan fingerprint density at radius 2 is 1.74 bits per heavy atom. The van der Waals surface area contributed by atoms with Crippen LogP contribution in [-0.4, -0.2) is 55.3 Å². The molecule has 0 amide bonds. The monoisotopic (exact) mass is 352 g/mol. The number of hydrogen-bond donors (Lipinski definition) is 0. The third-order valence-corrected chi connectivity index (χ3v) is 6.64. The zero-order valence-electron chi connectivity index (χ0n) is 15.1. The van der Waals surface area contributed by atoms with Crippen LogP contribution >= 0.6 is 0 Å². The van der Waals surface area contributed by atoms with Crippen LogP contribution in [0.4, 0.5) is 0 Å². The van der Waals surface area contributed by atoms with Gasteiger partial charge in [-0.1, -0.05) is 27.2 Å². The topological polar surface area (TPSA) is 64.6 Å². The van der Waals surface area contributed by atoms with Crippen molar-refractivity contribution in [1.82, 2.24) is 0 Å². The van der Waals surface area contributed by atoms with Gasteiger partial charge in [0, 0.05) is 26.7 Å². The minimum atomic E-state index is -2.65. The third kappa shape index (κ3) is 6.39. The summed E-state index contributed by atoms with van der Waals surface area (Å²) in [5.41, 5.74) is 0. The summed E-state index contributed by atoms with van der Waals surface area (Å²) in [6, 6.07) is 0.742. The van der Waals surface area contributed by atoms with Crippen LogP contribution < -0.4 is 0 Å². The van der Waals surface area contributed by atoms with Gasteiger partial charge in [0.1, 0.15) is 6.79 Å². The molecule has 138 valence electrons. The summed E-state index contributed by atoms with van der Waals surface area (Å²) in [4.78, 5) is 0. The molecule has 1 aliphatic rings. The quantitative estimate of drug-likeness (QED) is 0.395. The molecule has 0 spiro atoms. The highest BCUT2D eigenvalue weighted by Crippen LogP contribution is 2.27. The van der Waals surface area contributed by atoms with Gasteiger partial charge in [-0.25, -0.2) is 0 Å². The van der Waals surface area contributed by atoms with E-state index < -0.39 is 21.1 Å². The molecular weight excluding hydrogens is 320 g/mol. The van der Waals surface area contributed by atoms with Gasteiger partial charge in [0.05, 0.1) is 13.2 Å². The highest BCUT2D eigenvalue weighted by molar-refractivity contribution is 6.60. The molecule has 1 aliphatic heterocycles. The fourth-order valence-corrected chi connectivity index (χ4v) is 4.15. The molecule has 7 nitrogen and oxygen atoms in total. The second kappa shape index (κ2) is 10.7. The van der Waals surface area contributed by atoms with E-state index in [0.717, 1.165) is 18.9 Å². The van der Waals surface area contributed by atoms with Crippen LogP contribution in [0.15, 0.2) is 0 Å². The van der Waals surface area contributed by atoms with E-state index in [1.165, 1.54) is 0 Å². The van der Waals surface area contributed by atoms with Gasteiger partial charge in [-0.15, -0.1) is 0 Å². The minimum absolute atomic E-state index is 0.0478. The molecule has 23 heavy (non-hydrogen) atoms. The van der Waals surface area contributed by atoms with E-state index in [1.807, 2.05) is 13.8 Å². The van der Waals surface area contributed by atoms with Crippen LogP contribution in [0.5, 0.6) is 0 Å². The van der Waals surface area contributed by atoms with Crippen molar-refractivity contribution >= 4 is 8.80 Å². The van der Waals surface area contributed by atoms with Crippen molar-refractivity contribution in [3.8, 4) is 0 Å². The SMILES string of the molecule is CCC[Si](OC)(OC)OCOC(CC)OC1(CC)OCCCO1. The Morgan fingerprint density at radius 3 is 2.22 bits per heavy atom. The molecule has 1 heterocycles. The largest absolute Gasteiger partial charge is 0.502 e. The van der Waals surface area contributed by atoms with Crippen LogP contribution in [0.3, 0.4) is 0 Å². The second-order valence-electron chi connectivity index (χ2n) is 5.31. The first-order chi connectivity index (χ1) is 11.1. The predicted molar refractivity (Wildman–Crippen MR) is 86.6 cm³/mol. The van der Waals surface area contributed by atoms with E-state index in [9.17, 15) is 0 Å². The van der Waals surface area contributed by atoms with Crippen molar-refractivity contribution < 1.29 is 32.2 Å². The third-order valence-electron chi connectivity index (χ3n) is 3.72. The molecule has 0 bridgehead atoms. The molecule has 0 aliphatic carbocycles. The summed E-state index contributed by atoms with van der Waals surface area (Å²) in [7, 11) is 0.567. The van der Waals surface area contributed by atoms with Crippen LogP contribution in [-0.2, 0) is 32.2 Å². The summed E-state index contributed by atoms with van der Waals surface area (Å²) in [6.07, 6.45) is 2.56. The molecule has 0 N–H and O–H groups in total. The normalized spacial score (nSPS) is 19.7. The van der Waals surface area contributed by atoms with Crippen molar-refractivity contribution in [2.45, 2.75) is 64.8 Å². The summed E-state index contributed by atoms with van der Waals surface area (Å²) >= 11 is 0. The van der Waals surface area contributed by atoms with E-state index in [-0.39, 0.29) is 6.79 Å². The van der Waals surface area contributed by atoms with Gasteiger partial charge < -0.3 is 27.5 Å². The minimum Gasteiger partial charge on any atom is -0.377 e. The molecule has 1 rings (SSSR count). The Morgan fingerprint density at radius 1 is 1.09 bits per heavy atom. The van der Waals surface area contributed by atoms with E-state index in [4.69, 9.17) is 32.2 Å². The summed E-state index contributed by atoms with van der Waals surface area (Å²) in [5, 5.41) is 0. The van der Waals surface area contributed by atoms with E-state index in [0.29, 0.717) is 26.1 Å². The first kappa shape index (κ1) is 21.0. The maximum atomic E-state index is 5.91. The Balaban J connectivity index is 2.49. The standard InChI is InChI=1S/C15H32O7Si/c1-6-12-23(16-4,17-5)21-13-18-14(7-2)22-15(8-3)19-10-9-11-20-15/h14H,6-13H2,1-5H3. The van der Waals surface area contributed by atoms with Gasteiger partial charge in [0.15, 0.2) is 6.29 Å². The van der Waals surface area contributed by atoms with Crippen molar-refractivity contribution in [2.24, 2.45) is 0 Å². The molecular formula is C15H32O7Si. The van der Waals surface area contributed by atoms with Gasteiger partial charge in [-0.05, 0) is 12.8 Å². The molecule has 1 unspecified atom stereocenters. The Hall–Kier alpha value is -0.0631. The smallest absolute Gasteiger partial charge is 0.377 e. The van der Waals surface area contributed by atoms with Crippen molar-refractivity contribution in [2.75, 3.05) is 34.2 Å². The highest BCUT2D eigenvalue weighted by Gasteiger charge is 2.39. The van der Waals surface area contributed by atoms with Gasteiger partial charge in [0.2, 0.25) is 0 Å². The molecule has 1 saturated heterocycles. The Bertz CT molecular complexity index is 306. The van der Waals surface area contributed by atoms with Crippen LogP contribution in [0.25, 0.3) is 0 Å². The van der Waals surface area contributed by atoms with E-state index in [2.05, 4.69) is 6.92 Å². The maximum Gasteiger partial charge on any atom is 0.502 e. The van der Waals surface area contributed by atoms with Crippen molar-refractivity contribution in [3.05, 3.63) is 0 Å². The van der Waals surface area contributed by atoms with Crippen LogP contribution in [0.1, 0.15) is 46.5 Å². The van der Waals surface area contributed by atoms with Crippen LogP contribution in [0, 0.1) is 0 Å². The molecule has 0 aromatic heterocycles. The first-order valence-corrected chi connectivity index (χ1v) is 10.3. The summed E-state index contributed by atoms with van der Waals surface area (Å²) in [5.74, 6) is -1.01. The molecule has 0 saturated carbocycles. The van der Waals surface area contributed by atoms with Gasteiger partial charge in [-0.2, -0.15) is 0 Å². The molecule has 1 atom stereocenters. The Labute approximate surface area is 140 Å². The molecule has 1 fully saturated rings. The highest BCUT2D eigenvalue weighted by atomic mass is 28.4. The summed E-state index contributed by atoms with van der Waals surface area (Å²) in [6.45, 7) is 7.29. The number of ether oxygens (including phenoxy) is 4. The fourth-order valence-electron chi connectivity index (χ4n) is 2.33. The lowest BCUT2D eigenvalue weighted by Crippen LogP contribution is -2.47. The zero-order valence-corrected chi connectivity index (χ0v) is 16.1. The average Bonchev–Trinajstić information content (AvgIpc) is 2.60. The van der Waals surface area contributed by atoms with Crippen molar-refractivity contribution in [1.29, 1.82) is 0 Å². The lowest BCUT2D eigenvalue weighted by Gasteiger charge is -2.38. The van der Waals surface area contributed by atoms with Gasteiger partial charge >= 0.3 is 8.80 Å². The molecule has 8 heteroatoms. The van der Waals surface area contributed by atoms with Crippen LogP contribution in [0.2, 0.25) is 6.04 Å². The molecule has 0 aromatic rings. The number of hydrogen-bond acceptors (Lipinski definition) is 7. The van der Waals surface area contributed by atoms with E-state index in [1.54, 1.807) is 14.2 Å². The predicted octanol–water partition coefficient (Wildman–Crippen LogP) is 2.87. The lowest BCUT2D eigenvalue weighted by molar-refractivity contribution is -0.437. The Kier molecular flexibility index (Phi) is 9.79. The average molecular weight is 353 g/mol. The fraction of sp³-hybridized carbons (Fsp3) is 1.00. The lowest BCUT2D eigenvalue weighted by atomic mass is 10.3. The molecule has 0 radical (unpaired) electrons. The second-order valence-corrected chi connectivity index (χ2v) is 8.28. The maximum absolute atomic E-state index is 5.91. The van der Waals surface area contributed by atoms with Gasteiger partial charge in [0.25, 0.3) is 5.97 Å². The van der Waals surface area contributed by atoms with E-state index >= 15 is 0 Å². The summed E-state index contributed by atoms with van der Waals surface area (Å²) < 4.78 is 39.6. The van der Waals surface area contributed by atoms with Gasteiger partial charge in [-0.3, -0.25) is 4.74 Å². The van der Waals surface area contributed by atoms with Crippen molar-refractivity contribution in [3.63, 3.8) is 0 Å². The first-order valence-electron chi connectivity index (χ1n) is 8.40. The zero-order chi connectivity index (χ0) is 17.2. The molecule has 0 aromatic carbocycles.